The van der Waals surface area contributed by atoms with Crippen LogP contribution < -0.4 is 0 Å². The van der Waals surface area contributed by atoms with Crippen molar-refractivity contribution in [1.82, 2.24) is 4.90 Å². The van der Waals surface area contributed by atoms with Crippen LogP contribution in [0.1, 0.15) is 5.56 Å². The van der Waals surface area contributed by atoms with Crippen LogP contribution in [0.5, 0.6) is 0 Å². The number of amides is 1. The van der Waals surface area contributed by atoms with Gasteiger partial charge in [-0.1, -0.05) is 12.1 Å². The first-order valence-corrected chi connectivity index (χ1v) is 5.31. The first-order valence-electron chi connectivity index (χ1n) is 5.31. The van der Waals surface area contributed by atoms with Crippen molar-refractivity contribution in [2.45, 2.75) is 6.42 Å². The summed E-state index contributed by atoms with van der Waals surface area (Å²) in [6.07, 6.45) is 3.17. The fourth-order valence-electron chi connectivity index (χ4n) is 1.79. The zero-order valence-corrected chi connectivity index (χ0v) is 9.39. The topological polar surface area (TPSA) is 37.4 Å². The molecule has 4 heteroatoms. The number of benzene rings is 1. The number of carbonyl (C=O) groups is 2. The van der Waals surface area contributed by atoms with E-state index in [0.717, 1.165) is 5.56 Å². The third-order valence-electron chi connectivity index (χ3n) is 2.80. The highest BCUT2D eigenvalue weighted by molar-refractivity contribution is 6.09. The van der Waals surface area contributed by atoms with Crippen molar-refractivity contribution in [2.24, 2.45) is 5.92 Å². The van der Waals surface area contributed by atoms with Crippen LogP contribution >= 0.6 is 0 Å². The summed E-state index contributed by atoms with van der Waals surface area (Å²) in [6.45, 7) is 0. The van der Waals surface area contributed by atoms with E-state index in [0.29, 0.717) is 6.42 Å². The van der Waals surface area contributed by atoms with E-state index in [1.165, 1.54) is 29.3 Å². The summed E-state index contributed by atoms with van der Waals surface area (Å²) in [5, 5.41) is 0. The molecular weight excluding hydrogens is 221 g/mol. The van der Waals surface area contributed by atoms with Gasteiger partial charge in [-0.15, -0.1) is 0 Å². The van der Waals surface area contributed by atoms with E-state index in [4.69, 9.17) is 0 Å². The molecule has 1 amide bonds. The maximum Gasteiger partial charge on any atom is 0.237 e. The van der Waals surface area contributed by atoms with Crippen LogP contribution in [0.4, 0.5) is 4.39 Å². The monoisotopic (exact) mass is 233 g/mol. The molecule has 17 heavy (non-hydrogen) atoms. The van der Waals surface area contributed by atoms with Crippen molar-refractivity contribution in [2.75, 3.05) is 7.05 Å². The van der Waals surface area contributed by atoms with Gasteiger partial charge in [0.05, 0.1) is 0 Å². The predicted octanol–water partition coefficient (Wildman–Crippen LogP) is 1.54. The quantitative estimate of drug-likeness (QED) is 0.726. The van der Waals surface area contributed by atoms with Gasteiger partial charge in [0, 0.05) is 13.2 Å². The minimum Gasteiger partial charge on any atom is -0.321 e. The Hall–Kier alpha value is -1.97. The van der Waals surface area contributed by atoms with E-state index in [1.54, 1.807) is 19.2 Å². The van der Waals surface area contributed by atoms with Crippen molar-refractivity contribution < 1.29 is 14.0 Å². The van der Waals surface area contributed by atoms with Gasteiger partial charge in [-0.3, -0.25) is 9.59 Å². The molecule has 0 fully saturated rings. The van der Waals surface area contributed by atoms with Crippen molar-refractivity contribution >= 4 is 11.7 Å². The molecule has 1 aliphatic rings. The molecule has 3 nitrogen and oxygen atoms in total. The lowest BCUT2D eigenvalue weighted by atomic mass is 9.92. The number of nitrogens with zero attached hydrogens (tertiary/aromatic N) is 1. The molecule has 0 N–H and O–H groups in total. The van der Waals surface area contributed by atoms with Gasteiger partial charge in [-0.05, 0) is 30.2 Å². The summed E-state index contributed by atoms with van der Waals surface area (Å²) < 4.78 is 12.7. The highest BCUT2D eigenvalue weighted by Gasteiger charge is 2.30. The summed E-state index contributed by atoms with van der Waals surface area (Å²) in [5.74, 6) is -1.43. The lowest BCUT2D eigenvalue weighted by molar-refractivity contribution is -0.138. The Kier molecular flexibility index (Phi) is 3.04. The van der Waals surface area contributed by atoms with E-state index in [2.05, 4.69) is 0 Å². The minimum absolute atomic E-state index is 0.197. The van der Waals surface area contributed by atoms with E-state index in [9.17, 15) is 14.0 Å². The first-order chi connectivity index (χ1) is 8.08. The minimum atomic E-state index is -0.685. The third-order valence-corrected chi connectivity index (χ3v) is 2.80. The number of rotatable bonds is 2. The highest BCUT2D eigenvalue weighted by atomic mass is 19.1. The van der Waals surface area contributed by atoms with Crippen LogP contribution in [0.25, 0.3) is 0 Å². The molecule has 1 aromatic carbocycles. The Balaban J connectivity index is 2.18. The Morgan fingerprint density at radius 2 is 1.88 bits per heavy atom. The summed E-state index contributed by atoms with van der Waals surface area (Å²) in [4.78, 5) is 24.8. The van der Waals surface area contributed by atoms with Crippen LogP contribution in [0.15, 0.2) is 36.5 Å². The fourth-order valence-corrected chi connectivity index (χ4v) is 1.79. The van der Waals surface area contributed by atoms with Crippen molar-refractivity contribution in [1.29, 1.82) is 0 Å². The average Bonchev–Trinajstić information content (AvgIpc) is 2.32. The zero-order chi connectivity index (χ0) is 12.4. The van der Waals surface area contributed by atoms with Crippen molar-refractivity contribution in [3.8, 4) is 0 Å². The molecule has 0 saturated carbocycles. The molecule has 0 radical (unpaired) electrons. The number of allylic oxidation sites excluding steroid dienone is 1. The Morgan fingerprint density at radius 3 is 2.53 bits per heavy atom. The zero-order valence-electron chi connectivity index (χ0n) is 9.39. The van der Waals surface area contributed by atoms with E-state index in [1.807, 2.05) is 0 Å². The SMILES string of the molecule is CN1C=CC(=O)C(Cc2ccc(F)cc2)C1=O. The summed E-state index contributed by atoms with van der Waals surface area (Å²) in [5.41, 5.74) is 0.779. The van der Waals surface area contributed by atoms with Crippen LogP contribution in [0, 0.1) is 11.7 Å². The van der Waals surface area contributed by atoms with Crippen molar-refractivity contribution in [3.05, 3.63) is 47.9 Å². The standard InChI is InChI=1S/C13H12FNO2/c1-15-7-6-12(16)11(13(15)17)8-9-2-4-10(14)5-3-9/h2-7,11H,8H2,1H3. The highest BCUT2D eigenvalue weighted by Crippen LogP contribution is 2.17. The van der Waals surface area contributed by atoms with Crippen LogP contribution in [0.2, 0.25) is 0 Å². The number of hydrogen-bond donors (Lipinski definition) is 0. The van der Waals surface area contributed by atoms with E-state index < -0.39 is 5.92 Å². The lowest BCUT2D eigenvalue weighted by Crippen LogP contribution is -2.38. The molecule has 1 atom stereocenters. The smallest absolute Gasteiger partial charge is 0.237 e. The van der Waals surface area contributed by atoms with Gasteiger partial charge in [0.15, 0.2) is 5.78 Å². The van der Waals surface area contributed by atoms with Crippen LogP contribution in [-0.2, 0) is 16.0 Å². The van der Waals surface area contributed by atoms with Crippen LogP contribution in [0.3, 0.4) is 0 Å². The van der Waals surface area contributed by atoms with Gasteiger partial charge in [0.25, 0.3) is 0 Å². The van der Waals surface area contributed by atoms with Gasteiger partial charge >= 0.3 is 0 Å². The number of hydrogen-bond acceptors (Lipinski definition) is 2. The molecule has 0 aliphatic carbocycles. The number of halogens is 1. The summed E-state index contributed by atoms with van der Waals surface area (Å²) in [7, 11) is 1.61. The number of carbonyl (C=O) groups excluding carboxylic acids is 2. The maximum absolute atomic E-state index is 12.7. The molecule has 0 spiro atoms. The molecule has 0 saturated heterocycles. The second-order valence-electron chi connectivity index (χ2n) is 4.05. The fraction of sp³-hybridized carbons (Fsp3) is 0.231. The first kappa shape index (κ1) is 11.5. The molecule has 0 aromatic heterocycles. The van der Waals surface area contributed by atoms with E-state index in [-0.39, 0.29) is 17.5 Å². The number of ketones is 1. The molecule has 1 aliphatic heterocycles. The van der Waals surface area contributed by atoms with Gasteiger partial charge in [0.2, 0.25) is 5.91 Å². The molecule has 2 rings (SSSR count). The maximum atomic E-state index is 12.7. The largest absolute Gasteiger partial charge is 0.321 e. The second-order valence-corrected chi connectivity index (χ2v) is 4.05. The van der Waals surface area contributed by atoms with Gasteiger partial charge in [-0.25, -0.2) is 4.39 Å². The molecule has 88 valence electrons. The summed E-state index contributed by atoms with van der Waals surface area (Å²) in [6, 6.07) is 5.84. The predicted molar refractivity (Wildman–Crippen MR) is 60.5 cm³/mol. The van der Waals surface area contributed by atoms with Gasteiger partial charge < -0.3 is 4.90 Å². The molecule has 0 bridgehead atoms. The molecule has 1 heterocycles. The lowest BCUT2D eigenvalue weighted by Gasteiger charge is -2.23. The Morgan fingerprint density at radius 1 is 1.24 bits per heavy atom. The van der Waals surface area contributed by atoms with Crippen LogP contribution in [-0.4, -0.2) is 23.6 Å². The normalized spacial score (nSPS) is 19.9. The van der Waals surface area contributed by atoms with E-state index >= 15 is 0 Å². The summed E-state index contributed by atoms with van der Waals surface area (Å²) >= 11 is 0. The molecule has 1 aromatic rings. The van der Waals surface area contributed by atoms with Crippen molar-refractivity contribution in [3.63, 3.8) is 0 Å². The average molecular weight is 233 g/mol. The third kappa shape index (κ3) is 2.41. The Bertz CT molecular complexity index is 479. The Labute approximate surface area is 98.5 Å². The van der Waals surface area contributed by atoms with Gasteiger partial charge in [-0.2, -0.15) is 0 Å². The van der Waals surface area contributed by atoms with Gasteiger partial charge in [0.1, 0.15) is 11.7 Å². The second kappa shape index (κ2) is 4.49. The molecular formula is C13H12FNO2. The molecule has 1 unspecified atom stereocenters.